The van der Waals surface area contributed by atoms with Crippen LogP contribution in [0.1, 0.15) is 25.3 Å². The Balaban J connectivity index is 2.06. The number of halogens is 2. The molecule has 1 aromatic carbocycles. The quantitative estimate of drug-likeness (QED) is 0.912. The van der Waals surface area contributed by atoms with Crippen LogP contribution in [0.15, 0.2) is 18.2 Å². The zero-order chi connectivity index (χ0) is 13.1. The van der Waals surface area contributed by atoms with Crippen molar-refractivity contribution in [2.24, 2.45) is 5.92 Å². The predicted molar refractivity (Wildman–Crippen MR) is 69.3 cm³/mol. The number of aliphatic hydroxyl groups excluding tert-OH is 1. The molecule has 1 aromatic rings. The lowest BCUT2D eigenvalue weighted by Crippen LogP contribution is -2.29. The summed E-state index contributed by atoms with van der Waals surface area (Å²) < 4.78 is 18.9. The van der Waals surface area contributed by atoms with Gasteiger partial charge >= 0.3 is 0 Å². The van der Waals surface area contributed by atoms with Gasteiger partial charge in [0.25, 0.3) is 0 Å². The van der Waals surface area contributed by atoms with Crippen molar-refractivity contribution in [3.8, 4) is 0 Å². The molecule has 1 aliphatic heterocycles. The minimum absolute atomic E-state index is 0.104. The van der Waals surface area contributed by atoms with Crippen LogP contribution in [-0.2, 0) is 11.2 Å². The van der Waals surface area contributed by atoms with Gasteiger partial charge in [0, 0.05) is 18.9 Å². The van der Waals surface area contributed by atoms with Crippen LogP contribution < -0.4 is 0 Å². The monoisotopic (exact) mass is 272 g/mol. The van der Waals surface area contributed by atoms with Gasteiger partial charge in [-0.05, 0) is 24.5 Å². The normalized spacial score (nSPS) is 25.3. The predicted octanol–water partition coefficient (Wildman–Crippen LogP) is 3.20. The molecule has 0 bridgehead atoms. The molecule has 1 N–H and O–H groups in total. The summed E-state index contributed by atoms with van der Waals surface area (Å²) in [7, 11) is 0. The van der Waals surface area contributed by atoms with Crippen LogP contribution in [0.5, 0.6) is 0 Å². The standard InChI is InChI=1S/C14H18ClFO2/c1-2-13-10(6-7-18-13)12(17)8-9-4-3-5-11(16)14(9)15/h3-5,10,12-13,17H,2,6-8H2,1H3. The maximum atomic E-state index is 13.3. The Labute approximate surface area is 112 Å². The largest absolute Gasteiger partial charge is 0.392 e. The topological polar surface area (TPSA) is 29.5 Å². The van der Waals surface area contributed by atoms with Gasteiger partial charge in [0.15, 0.2) is 0 Å². The highest BCUT2D eigenvalue weighted by Gasteiger charge is 2.32. The fourth-order valence-electron chi connectivity index (χ4n) is 2.61. The van der Waals surface area contributed by atoms with Gasteiger partial charge in [0.2, 0.25) is 0 Å². The van der Waals surface area contributed by atoms with E-state index in [0.29, 0.717) is 18.6 Å². The lowest BCUT2D eigenvalue weighted by Gasteiger charge is -2.23. The first kappa shape index (κ1) is 13.8. The summed E-state index contributed by atoms with van der Waals surface area (Å²) >= 11 is 5.90. The lowest BCUT2D eigenvalue weighted by molar-refractivity contribution is 0.0317. The van der Waals surface area contributed by atoms with Gasteiger partial charge in [0.05, 0.1) is 17.2 Å². The third-order valence-electron chi connectivity index (χ3n) is 3.62. The van der Waals surface area contributed by atoms with Gasteiger partial charge in [-0.1, -0.05) is 30.7 Å². The second-order valence-corrected chi connectivity index (χ2v) is 5.13. The van der Waals surface area contributed by atoms with Crippen LogP contribution in [0, 0.1) is 11.7 Å². The van der Waals surface area contributed by atoms with Gasteiger partial charge in [-0.15, -0.1) is 0 Å². The first-order valence-corrected chi connectivity index (χ1v) is 6.73. The molecule has 0 saturated carbocycles. The Morgan fingerprint density at radius 1 is 1.56 bits per heavy atom. The summed E-state index contributed by atoms with van der Waals surface area (Å²) in [6.07, 6.45) is 1.69. The minimum atomic E-state index is -0.531. The number of aliphatic hydroxyl groups is 1. The highest BCUT2D eigenvalue weighted by atomic mass is 35.5. The highest BCUT2D eigenvalue weighted by molar-refractivity contribution is 6.31. The average Bonchev–Trinajstić information content (AvgIpc) is 2.83. The Bertz CT molecular complexity index is 411. The second-order valence-electron chi connectivity index (χ2n) is 4.75. The van der Waals surface area contributed by atoms with Gasteiger partial charge in [-0.25, -0.2) is 4.39 Å². The van der Waals surface area contributed by atoms with Crippen LogP contribution in [0.4, 0.5) is 4.39 Å². The molecular weight excluding hydrogens is 255 g/mol. The zero-order valence-electron chi connectivity index (χ0n) is 10.4. The first-order valence-electron chi connectivity index (χ1n) is 6.36. The van der Waals surface area contributed by atoms with Gasteiger partial charge in [-0.2, -0.15) is 0 Å². The number of benzene rings is 1. The summed E-state index contributed by atoms with van der Waals surface area (Å²) in [5, 5.41) is 10.4. The van der Waals surface area contributed by atoms with E-state index in [2.05, 4.69) is 0 Å². The van der Waals surface area contributed by atoms with Crippen molar-refractivity contribution in [1.29, 1.82) is 0 Å². The summed E-state index contributed by atoms with van der Waals surface area (Å²) in [6, 6.07) is 4.70. The summed E-state index contributed by atoms with van der Waals surface area (Å²) in [4.78, 5) is 0. The molecule has 1 aliphatic rings. The molecule has 0 amide bonds. The molecule has 0 spiro atoms. The molecule has 1 fully saturated rings. The minimum Gasteiger partial charge on any atom is -0.392 e. The van der Waals surface area contributed by atoms with E-state index in [1.807, 2.05) is 6.92 Å². The molecule has 4 heteroatoms. The lowest BCUT2D eigenvalue weighted by atomic mass is 9.89. The van der Waals surface area contributed by atoms with E-state index in [4.69, 9.17) is 16.3 Å². The van der Waals surface area contributed by atoms with Gasteiger partial charge in [0.1, 0.15) is 5.82 Å². The van der Waals surface area contributed by atoms with Gasteiger partial charge < -0.3 is 9.84 Å². The average molecular weight is 273 g/mol. The number of hydrogen-bond donors (Lipinski definition) is 1. The molecule has 0 radical (unpaired) electrons. The van der Waals surface area contributed by atoms with Crippen molar-refractivity contribution in [3.63, 3.8) is 0 Å². The van der Waals surface area contributed by atoms with Crippen molar-refractivity contribution in [2.45, 2.75) is 38.4 Å². The Morgan fingerprint density at radius 3 is 3.06 bits per heavy atom. The molecule has 18 heavy (non-hydrogen) atoms. The highest BCUT2D eigenvalue weighted by Crippen LogP contribution is 2.30. The zero-order valence-corrected chi connectivity index (χ0v) is 11.2. The Kier molecular flexibility index (Phi) is 4.60. The molecule has 1 saturated heterocycles. The Hall–Kier alpha value is -0.640. The number of rotatable bonds is 4. The number of ether oxygens (including phenoxy) is 1. The molecule has 100 valence electrons. The molecule has 2 nitrogen and oxygen atoms in total. The fraction of sp³-hybridized carbons (Fsp3) is 0.571. The molecule has 2 rings (SSSR count). The van der Waals surface area contributed by atoms with E-state index in [1.165, 1.54) is 6.07 Å². The van der Waals surface area contributed by atoms with Crippen molar-refractivity contribution >= 4 is 11.6 Å². The van der Waals surface area contributed by atoms with Crippen molar-refractivity contribution < 1.29 is 14.2 Å². The van der Waals surface area contributed by atoms with E-state index in [-0.39, 0.29) is 17.0 Å². The third-order valence-corrected chi connectivity index (χ3v) is 4.04. The first-order chi connectivity index (χ1) is 8.63. The van der Waals surface area contributed by atoms with Crippen LogP contribution in [0.2, 0.25) is 5.02 Å². The van der Waals surface area contributed by atoms with Crippen LogP contribution >= 0.6 is 11.6 Å². The summed E-state index contributed by atoms with van der Waals surface area (Å²) in [6.45, 7) is 2.74. The van der Waals surface area contributed by atoms with Crippen molar-refractivity contribution in [2.75, 3.05) is 6.61 Å². The van der Waals surface area contributed by atoms with Gasteiger partial charge in [-0.3, -0.25) is 0 Å². The molecule has 3 atom stereocenters. The summed E-state index contributed by atoms with van der Waals surface area (Å²) in [5.41, 5.74) is 0.658. The van der Waals surface area contributed by atoms with Crippen molar-refractivity contribution in [3.05, 3.63) is 34.6 Å². The summed E-state index contributed by atoms with van der Waals surface area (Å²) in [5.74, 6) is -0.314. The third kappa shape index (κ3) is 2.85. The number of hydrogen-bond acceptors (Lipinski definition) is 2. The van der Waals surface area contributed by atoms with Crippen LogP contribution in [0.25, 0.3) is 0 Å². The van der Waals surface area contributed by atoms with E-state index >= 15 is 0 Å². The smallest absolute Gasteiger partial charge is 0.142 e. The van der Waals surface area contributed by atoms with E-state index < -0.39 is 11.9 Å². The molecular formula is C14H18ClFO2. The maximum Gasteiger partial charge on any atom is 0.142 e. The van der Waals surface area contributed by atoms with E-state index in [0.717, 1.165) is 12.8 Å². The Morgan fingerprint density at radius 2 is 2.33 bits per heavy atom. The second kappa shape index (κ2) is 6.00. The van der Waals surface area contributed by atoms with E-state index in [1.54, 1.807) is 12.1 Å². The maximum absolute atomic E-state index is 13.3. The molecule has 0 aliphatic carbocycles. The van der Waals surface area contributed by atoms with Crippen LogP contribution in [-0.4, -0.2) is 23.9 Å². The molecule has 3 unspecified atom stereocenters. The van der Waals surface area contributed by atoms with Crippen molar-refractivity contribution in [1.82, 2.24) is 0 Å². The fourth-order valence-corrected chi connectivity index (χ4v) is 2.81. The SMILES string of the molecule is CCC1OCCC1C(O)Cc1cccc(F)c1Cl. The molecule has 1 heterocycles. The van der Waals surface area contributed by atoms with Crippen LogP contribution in [0.3, 0.4) is 0 Å². The molecule has 0 aromatic heterocycles. The van der Waals surface area contributed by atoms with E-state index in [9.17, 15) is 9.50 Å².